The molecule has 122 valence electrons. The van der Waals surface area contributed by atoms with E-state index in [4.69, 9.17) is 5.11 Å². The van der Waals surface area contributed by atoms with Crippen LogP contribution in [-0.2, 0) is 6.54 Å². The maximum atomic E-state index is 10.9. The van der Waals surface area contributed by atoms with Gasteiger partial charge in [0, 0.05) is 50.8 Å². The van der Waals surface area contributed by atoms with Crippen molar-refractivity contribution in [3.05, 3.63) is 59.9 Å². The molecule has 0 aliphatic carbocycles. The molecule has 0 unspecified atom stereocenters. The van der Waals surface area contributed by atoms with Crippen LogP contribution in [0.15, 0.2) is 48.8 Å². The van der Waals surface area contributed by atoms with Gasteiger partial charge in [0.05, 0.1) is 5.56 Å². The minimum Gasteiger partial charge on any atom is -0.478 e. The van der Waals surface area contributed by atoms with Gasteiger partial charge in [0.15, 0.2) is 0 Å². The number of nitrogens with zero attached hydrogens (tertiary/aromatic N) is 3. The number of halogens is 1. The van der Waals surface area contributed by atoms with E-state index in [0.717, 1.165) is 38.4 Å². The van der Waals surface area contributed by atoms with Crippen molar-refractivity contribution in [2.75, 3.05) is 31.1 Å². The van der Waals surface area contributed by atoms with Crippen LogP contribution in [0.2, 0.25) is 0 Å². The Kier molecular flexibility index (Phi) is 5.96. The van der Waals surface area contributed by atoms with Crippen LogP contribution in [0.4, 0.5) is 5.69 Å². The summed E-state index contributed by atoms with van der Waals surface area (Å²) < 4.78 is 0. The molecule has 1 saturated heterocycles. The Morgan fingerprint density at radius 1 is 1.00 bits per heavy atom. The maximum Gasteiger partial charge on any atom is 0.335 e. The lowest BCUT2D eigenvalue weighted by Gasteiger charge is -2.36. The number of hydrogen-bond donors (Lipinski definition) is 1. The second-order valence-corrected chi connectivity index (χ2v) is 5.47. The summed E-state index contributed by atoms with van der Waals surface area (Å²) in [5.41, 5.74) is 2.71. The third-order valence-corrected chi connectivity index (χ3v) is 4.01. The summed E-state index contributed by atoms with van der Waals surface area (Å²) in [5, 5.41) is 8.94. The average molecular weight is 334 g/mol. The summed E-state index contributed by atoms with van der Waals surface area (Å²) in [6.07, 6.45) is 3.66. The molecule has 0 bridgehead atoms. The van der Waals surface area contributed by atoms with Crippen molar-refractivity contribution in [3.63, 3.8) is 0 Å². The van der Waals surface area contributed by atoms with Gasteiger partial charge in [-0.3, -0.25) is 9.88 Å². The number of hydrogen-bond acceptors (Lipinski definition) is 4. The fraction of sp³-hybridized carbons (Fsp3) is 0.294. The molecule has 1 N–H and O–H groups in total. The zero-order valence-corrected chi connectivity index (χ0v) is 13.6. The number of aromatic nitrogens is 1. The highest BCUT2D eigenvalue weighted by molar-refractivity contribution is 5.88. The molecule has 1 aliphatic rings. The van der Waals surface area contributed by atoms with Crippen LogP contribution in [0, 0.1) is 0 Å². The Labute approximate surface area is 142 Å². The molecular weight excluding hydrogens is 314 g/mol. The molecule has 1 fully saturated rings. The average Bonchev–Trinajstić information content (AvgIpc) is 2.57. The van der Waals surface area contributed by atoms with Gasteiger partial charge in [-0.2, -0.15) is 0 Å². The lowest BCUT2D eigenvalue weighted by atomic mass is 10.1. The molecule has 0 spiro atoms. The van der Waals surface area contributed by atoms with E-state index in [2.05, 4.69) is 26.9 Å². The van der Waals surface area contributed by atoms with Crippen molar-refractivity contribution in [3.8, 4) is 0 Å². The molecule has 1 aromatic carbocycles. The number of carbonyl (C=O) groups is 1. The Morgan fingerprint density at radius 2 is 1.61 bits per heavy atom. The summed E-state index contributed by atoms with van der Waals surface area (Å²) in [6.45, 7) is 4.87. The lowest BCUT2D eigenvalue weighted by Crippen LogP contribution is -2.45. The first-order valence-corrected chi connectivity index (χ1v) is 7.42. The zero-order valence-electron chi connectivity index (χ0n) is 12.8. The molecule has 0 radical (unpaired) electrons. The number of benzene rings is 1. The molecule has 3 rings (SSSR count). The summed E-state index contributed by atoms with van der Waals surface area (Å²) in [4.78, 5) is 19.6. The second kappa shape index (κ2) is 7.94. The van der Waals surface area contributed by atoms with Gasteiger partial charge in [0.1, 0.15) is 0 Å². The number of carboxylic acid groups (broad SMARTS) is 1. The summed E-state index contributed by atoms with van der Waals surface area (Å²) in [7, 11) is 0. The predicted molar refractivity (Wildman–Crippen MR) is 92.4 cm³/mol. The van der Waals surface area contributed by atoms with Gasteiger partial charge in [-0.15, -0.1) is 12.4 Å². The molecule has 23 heavy (non-hydrogen) atoms. The standard InChI is InChI=1S/C17H19N3O2.ClH/c21-17(22)15-1-3-16(4-2-15)20-11-9-19(10-12-20)13-14-5-7-18-8-6-14;/h1-8H,9-13H2,(H,21,22);1H. The van der Waals surface area contributed by atoms with E-state index in [9.17, 15) is 4.79 Å². The first-order chi connectivity index (χ1) is 10.7. The highest BCUT2D eigenvalue weighted by Gasteiger charge is 2.17. The SMILES string of the molecule is Cl.O=C(O)c1ccc(N2CCN(Cc3ccncc3)CC2)cc1. The van der Waals surface area contributed by atoms with Crippen molar-refractivity contribution in [1.29, 1.82) is 0 Å². The number of carboxylic acids is 1. The van der Waals surface area contributed by atoms with Gasteiger partial charge in [-0.25, -0.2) is 4.79 Å². The molecule has 1 aromatic heterocycles. The molecule has 2 aromatic rings. The van der Waals surface area contributed by atoms with E-state index < -0.39 is 5.97 Å². The zero-order chi connectivity index (χ0) is 15.4. The van der Waals surface area contributed by atoms with Crippen LogP contribution in [0.3, 0.4) is 0 Å². The Hall–Kier alpha value is -2.11. The van der Waals surface area contributed by atoms with Crippen LogP contribution in [0.5, 0.6) is 0 Å². The predicted octanol–water partition coefficient (Wildman–Crippen LogP) is 2.52. The van der Waals surface area contributed by atoms with E-state index >= 15 is 0 Å². The van der Waals surface area contributed by atoms with Crippen molar-refractivity contribution in [2.45, 2.75) is 6.54 Å². The largest absolute Gasteiger partial charge is 0.478 e. The van der Waals surface area contributed by atoms with Gasteiger partial charge >= 0.3 is 5.97 Å². The van der Waals surface area contributed by atoms with Crippen molar-refractivity contribution >= 4 is 24.1 Å². The van der Waals surface area contributed by atoms with Gasteiger partial charge in [0.2, 0.25) is 0 Å². The maximum absolute atomic E-state index is 10.9. The van der Waals surface area contributed by atoms with E-state index in [-0.39, 0.29) is 12.4 Å². The normalized spacial score (nSPS) is 15.0. The Balaban J connectivity index is 0.00000192. The highest BCUT2D eigenvalue weighted by atomic mass is 35.5. The molecule has 2 heterocycles. The van der Waals surface area contributed by atoms with Crippen LogP contribution in [0.25, 0.3) is 0 Å². The minimum atomic E-state index is -0.881. The fourth-order valence-electron chi connectivity index (χ4n) is 2.73. The Morgan fingerprint density at radius 3 is 2.17 bits per heavy atom. The molecular formula is C17H20ClN3O2. The van der Waals surface area contributed by atoms with Crippen LogP contribution in [-0.4, -0.2) is 47.1 Å². The van der Waals surface area contributed by atoms with Crippen LogP contribution < -0.4 is 4.90 Å². The quantitative estimate of drug-likeness (QED) is 0.931. The van der Waals surface area contributed by atoms with Gasteiger partial charge in [0.25, 0.3) is 0 Å². The summed E-state index contributed by atoms with van der Waals surface area (Å²) in [6, 6.07) is 11.2. The van der Waals surface area contributed by atoms with E-state index in [0.29, 0.717) is 5.56 Å². The smallest absolute Gasteiger partial charge is 0.335 e. The number of aromatic carboxylic acids is 1. The van der Waals surface area contributed by atoms with E-state index in [1.165, 1.54) is 5.56 Å². The second-order valence-electron chi connectivity index (χ2n) is 5.47. The topological polar surface area (TPSA) is 56.7 Å². The summed E-state index contributed by atoms with van der Waals surface area (Å²) in [5.74, 6) is -0.881. The fourth-order valence-corrected chi connectivity index (χ4v) is 2.73. The number of anilines is 1. The minimum absolute atomic E-state index is 0. The van der Waals surface area contributed by atoms with Crippen LogP contribution >= 0.6 is 12.4 Å². The third kappa shape index (κ3) is 4.43. The van der Waals surface area contributed by atoms with E-state index in [1.54, 1.807) is 12.1 Å². The van der Waals surface area contributed by atoms with Crippen molar-refractivity contribution < 1.29 is 9.90 Å². The monoisotopic (exact) mass is 333 g/mol. The van der Waals surface area contributed by atoms with Crippen molar-refractivity contribution in [2.24, 2.45) is 0 Å². The van der Waals surface area contributed by atoms with Gasteiger partial charge in [-0.05, 0) is 42.0 Å². The highest BCUT2D eigenvalue weighted by Crippen LogP contribution is 2.18. The van der Waals surface area contributed by atoms with Crippen LogP contribution in [0.1, 0.15) is 15.9 Å². The number of rotatable bonds is 4. The first-order valence-electron chi connectivity index (χ1n) is 7.42. The van der Waals surface area contributed by atoms with Gasteiger partial charge < -0.3 is 10.0 Å². The Bertz CT molecular complexity index is 626. The molecule has 0 amide bonds. The van der Waals surface area contributed by atoms with E-state index in [1.807, 2.05) is 24.5 Å². The molecule has 0 saturated carbocycles. The lowest BCUT2D eigenvalue weighted by molar-refractivity contribution is 0.0697. The third-order valence-electron chi connectivity index (χ3n) is 4.01. The van der Waals surface area contributed by atoms with Crippen molar-refractivity contribution in [1.82, 2.24) is 9.88 Å². The first kappa shape index (κ1) is 17.2. The number of piperazine rings is 1. The molecule has 5 nitrogen and oxygen atoms in total. The molecule has 6 heteroatoms. The van der Waals surface area contributed by atoms with Gasteiger partial charge in [-0.1, -0.05) is 0 Å². The number of pyridine rings is 1. The molecule has 1 aliphatic heterocycles. The molecule has 0 atom stereocenters. The summed E-state index contributed by atoms with van der Waals surface area (Å²) >= 11 is 0.